The van der Waals surface area contributed by atoms with Crippen molar-refractivity contribution in [3.05, 3.63) is 41.5 Å². The van der Waals surface area contributed by atoms with Gasteiger partial charge in [-0.1, -0.05) is 43.2 Å². The lowest BCUT2D eigenvalue weighted by Crippen LogP contribution is -2.29. The van der Waals surface area contributed by atoms with Crippen molar-refractivity contribution in [3.8, 4) is 0 Å². The number of carboxylic acid groups (broad SMARTS) is 1. The van der Waals surface area contributed by atoms with Crippen LogP contribution in [0.5, 0.6) is 0 Å². The first-order valence-electron chi connectivity index (χ1n) is 8.40. The minimum atomic E-state index is -1.01. The minimum absolute atomic E-state index is 0.0241. The topological polar surface area (TPSA) is 57.6 Å². The lowest BCUT2D eigenvalue weighted by Gasteiger charge is -2.22. The van der Waals surface area contributed by atoms with Gasteiger partial charge in [-0.25, -0.2) is 4.79 Å². The van der Waals surface area contributed by atoms with Gasteiger partial charge in [0, 0.05) is 18.7 Å². The van der Waals surface area contributed by atoms with Gasteiger partial charge in [0.25, 0.3) is 0 Å². The second kappa shape index (κ2) is 6.99. The largest absolute Gasteiger partial charge is 0.478 e. The highest BCUT2D eigenvalue weighted by Crippen LogP contribution is 2.36. The number of carbonyl (C=O) groups is 2. The number of rotatable bonds is 4. The summed E-state index contributed by atoms with van der Waals surface area (Å²) in [6.45, 7) is 1.61. The van der Waals surface area contributed by atoms with E-state index >= 15 is 0 Å². The smallest absolute Gasteiger partial charge is 0.332 e. The van der Waals surface area contributed by atoms with Crippen LogP contribution in [0.25, 0.3) is 6.08 Å². The molecular weight excluding hydrogens is 290 g/mol. The van der Waals surface area contributed by atoms with E-state index in [1.54, 1.807) is 6.08 Å². The molecule has 1 saturated heterocycles. The van der Waals surface area contributed by atoms with Crippen LogP contribution in [0.3, 0.4) is 0 Å². The first kappa shape index (κ1) is 15.8. The normalized spacial score (nSPS) is 24.3. The fourth-order valence-corrected chi connectivity index (χ4v) is 3.82. The Bertz CT molecular complexity index is 594. The quantitative estimate of drug-likeness (QED) is 0.869. The monoisotopic (exact) mass is 313 g/mol. The van der Waals surface area contributed by atoms with E-state index in [-0.39, 0.29) is 17.9 Å². The van der Waals surface area contributed by atoms with Crippen molar-refractivity contribution in [2.75, 3.05) is 13.1 Å². The molecule has 4 heteroatoms. The van der Waals surface area contributed by atoms with Crippen LogP contribution in [0.1, 0.15) is 37.7 Å². The summed E-state index contributed by atoms with van der Waals surface area (Å²) in [5, 5.41) is 9.39. The number of carboxylic acids is 1. The first-order chi connectivity index (χ1) is 11.1. The SMILES string of the molecule is O=C(O)C(=Cc1ccccc1)CC(=O)N1CC2CCCCC2C1. The number of amides is 1. The number of benzene rings is 1. The summed E-state index contributed by atoms with van der Waals surface area (Å²) in [7, 11) is 0. The molecule has 1 heterocycles. The molecule has 122 valence electrons. The summed E-state index contributed by atoms with van der Waals surface area (Å²) >= 11 is 0. The van der Waals surface area contributed by atoms with Gasteiger partial charge in [-0.3, -0.25) is 4.79 Å². The zero-order chi connectivity index (χ0) is 16.2. The third-order valence-corrected chi connectivity index (χ3v) is 5.09. The van der Waals surface area contributed by atoms with Crippen molar-refractivity contribution >= 4 is 18.0 Å². The van der Waals surface area contributed by atoms with Crippen LogP contribution >= 0.6 is 0 Å². The van der Waals surface area contributed by atoms with Gasteiger partial charge >= 0.3 is 5.97 Å². The Morgan fingerprint density at radius 3 is 2.26 bits per heavy atom. The number of fused-ring (bicyclic) bond motifs is 1. The average molecular weight is 313 g/mol. The number of hydrogen-bond acceptors (Lipinski definition) is 2. The molecule has 0 spiro atoms. The molecular formula is C19H23NO3. The van der Waals surface area contributed by atoms with Gasteiger partial charge in [0.15, 0.2) is 0 Å². The van der Waals surface area contributed by atoms with Gasteiger partial charge in [0.05, 0.1) is 6.42 Å². The lowest BCUT2D eigenvalue weighted by molar-refractivity contribution is -0.136. The summed E-state index contributed by atoms with van der Waals surface area (Å²) in [5.41, 5.74) is 0.976. The van der Waals surface area contributed by atoms with Gasteiger partial charge < -0.3 is 10.0 Å². The highest BCUT2D eigenvalue weighted by Gasteiger charge is 2.36. The zero-order valence-electron chi connectivity index (χ0n) is 13.3. The maximum atomic E-state index is 12.5. The highest BCUT2D eigenvalue weighted by molar-refractivity contribution is 5.98. The average Bonchev–Trinajstić information content (AvgIpc) is 2.99. The van der Waals surface area contributed by atoms with Crippen molar-refractivity contribution < 1.29 is 14.7 Å². The molecule has 0 aromatic heterocycles. The van der Waals surface area contributed by atoms with E-state index in [1.165, 1.54) is 25.7 Å². The van der Waals surface area contributed by atoms with Gasteiger partial charge in [-0.2, -0.15) is 0 Å². The molecule has 2 atom stereocenters. The lowest BCUT2D eigenvalue weighted by atomic mass is 9.82. The molecule has 1 N–H and O–H groups in total. The van der Waals surface area contributed by atoms with E-state index in [0.29, 0.717) is 11.8 Å². The Kier molecular flexibility index (Phi) is 4.79. The van der Waals surface area contributed by atoms with E-state index in [2.05, 4.69) is 0 Å². The fourth-order valence-electron chi connectivity index (χ4n) is 3.82. The zero-order valence-corrected chi connectivity index (χ0v) is 13.3. The third kappa shape index (κ3) is 3.81. The Hall–Kier alpha value is -2.10. The van der Waals surface area contributed by atoms with Crippen molar-refractivity contribution in [1.29, 1.82) is 0 Å². The first-order valence-corrected chi connectivity index (χ1v) is 8.40. The molecule has 23 heavy (non-hydrogen) atoms. The minimum Gasteiger partial charge on any atom is -0.478 e. The Morgan fingerprint density at radius 1 is 1.09 bits per heavy atom. The van der Waals surface area contributed by atoms with Gasteiger partial charge in [-0.15, -0.1) is 0 Å². The second-order valence-corrected chi connectivity index (χ2v) is 6.67. The molecule has 2 fully saturated rings. The Morgan fingerprint density at radius 2 is 1.70 bits per heavy atom. The van der Waals surface area contributed by atoms with Crippen LogP contribution in [-0.4, -0.2) is 35.0 Å². The van der Waals surface area contributed by atoms with Crippen LogP contribution < -0.4 is 0 Å². The molecule has 0 bridgehead atoms. The third-order valence-electron chi connectivity index (χ3n) is 5.09. The number of hydrogen-bond donors (Lipinski definition) is 1. The number of nitrogens with zero attached hydrogens (tertiary/aromatic N) is 1. The van der Waals surface area contributed by atoms with Crippen molar-refractivity contribution in [1.82, 2.24) is 4.90 Å². The van der Waals surface area contributed by atoms with Gasteiger partial charge in [-0.05, 0) is 36.3 Å². The van der Waals surface area contributed by atoms with E-state index in [0.717, 1.165) is 18.7 Å². The molecule has 1 aliphatic carbocycles. The molecule has 3 rings (SSSR count). The number of likely N-dealkylation sites (tertiary alicyclic amines) is 1. The second-order valence-electron chi connectivity index (χ2n) is 6.67. The molecule has 2 aliphatic rings. The summed E-state index contributed by atoms with van der Waals surface area (Å²) < 4.78 is 0. The highest BCUT2D eigenvalue weighted by atomic mass is 16.4. The Labute approximate surface area is 136 Å². The standard InChI is InChI=1S/C19H23NO3/c21-18(20-12-15-8-4-5-9-16(15)13-20)11-17(19(22)23)10-14-6-2-1-3-7-14/h1-3,6-7,10,15-16H,4-5,8-9,11-13H2,(H,22,23). The molecule has 1 aromatic rings. The molecule has 1 saturated carbocycles. The van der Waals surface area contributed by atoms with E-state index < -0.39 is 5.97 Å². The molecule has 1 aliphatic heterocycles. The Balaban J connectivity index is 1.67. The summed E-state index contributed by atoms with van der Waals surface area (Å²) in [5.74, 6) is 0.181. The molecule has 2 unspecified atom stereocenters. The van der Waals surface area contributed by atoms with Crippen molar-refractivity contribution in [3.63, 3.8) is 0 Å². The van der Waals surface area contributed by atoms with Gasteiger partial charge in [0.2, 0.25) is 5.91 Å². The maximum Gasteiger partial charge on any atom is 0.332 e. The summed E-state index contributed by atoms with van der Waals surface area (Å²) in [6.07, 6.45) is 6.52. The van der Waals surface area contributed by atoms with Crippen LogP contribution in [0.2, 0.25) is 0 Å². The van der Waals surface area contributed by atoms with Gasteiger partial charge in [0.1, 0.15) is 0 Å². The number of aliphatic carboxylic acids is 1. The predicted octanol–water partition coefficient (Wildman–Crippen LogP) is 3.19. The molecule has 4 nitrogen and oxygen atoms in total. The molecule has 1 amide bonds. The molecule has 1 aromatic carbocycles. The van der Waals surface area contributed by atoms with E-state index in [9.17, 15) is 14.7 Å². The molecule has 0 radical (unpaired) electrons. The van der Waals surface area contributed by atoms with Crippen LogP contribution in [0.4, 0.5) is 0 Å². The van der Waals surface area contributed by atoms with Crippen LogP contribution in [0, 0.1) is 11.8 Å². The van der Waals surface area contributed by atoms with Crippen molar-refractivity contribution in [2.45, 2.75) is 32.1 Å². The van der Waals surface area contributed by atoms with E-state index in [1.807, 2.05) is 35.2 Å². The predicted molar refractivity (Wildman–Crippen MR) is 88.7 cm³/mol. The summed E-state index contributed by atoms with van der Waals surface area (Å²) in [6, 6.07) is 9.29. The number of carbonyl (C=O) groups excluding carboxylic acids is 1. The van der Waals surface area contributed by atoms with Crippen LogP contribution in [-0.2, 0) is 9.59 Å². The van der Waals surface area contributed by atoms with E-state index in [4.69, 9.17) is 0 Å². The fraction of sp³-hybridized carbons (Fsp3) is 0.474. The summed E-state index contributed by atoms with van der Waals surface area (Å²) in [4.78, 5) is 25.9. The van der Waals surface area contributed by atoms with Crippen LogP contribution in [0.15, 0.2) is 35.9 Å². The maximum absolute atomic E-state index is 12.5. The van der Waals surface area contributed by atoms with Crippen molar-refractivity contribution in [2.24, 2.45) is 11.8 Å².